The molecule has 1 atom stereocenters. The number of sulfonamides is 2. The summed E-state index contributed by atoms with van der Waals surface area (Å²) in [5.41, 5.74) is 1.87. The summed E-state index contributed by atoms with van der Waals surface area (Å²) in [5, 5.41) is 3.26. The first kappa shape index (κ1) is 31.2. The van der Waals surface area contributed by atoms with Gasteiger partial charge in [0, 0.05) is 57.2 Å². The van der Waals surface area contributed by atoms with Crippen LogP contribution in [0.2, 0.25) is 0 Å². The smallest absolute Gasteiger partial charge is 0.260 e. The van der Waals surface area contributed by atoms with E-state index in [1.165, 1.54) is 48.9 Å². The van der Waals surface area contributed by atoms with Crippen LogP contribution in [0.25, 0.3) is 22.3 Å². The number of carbonyl (C=O) groups excluding carboxylic acids is 1. The Hall–Kier alpha value is -3.75. The van der Waals surface area contributed by atoms with Crippen LogP contribution < -0.4 is 9.62 Å². The number of imidazole rings is 1. The van der Waals surface area contributed by atoms with E-state index in [-0.39, 0.29) is 34.4 Å². The first-order valence-electron chi connectivity index (χ1n) is 15.0. The number of aryl methyl sites for hydroxylation is 1. The van der Waals surface area contributed by atoms with E-state index in [2.05, 4.69) is 10.3 Å². The van der Waals surface area contributed by atoms with Crippen molar-refractivity contribution < 1.29 is 30.4 Å². The minimum Gasteiger partial charge on any atom is -0.455 e. The molecule has 2 aromatic carbocycles. The fraction of sp³-hybridized carbons (Fsp3) is 0.419. The number of benzene rings is 2. The van der Waals surface area contributed by atoms with Crippen molar-refractivity contribution >= 4 is 42.6 Å². The molecule has 4 aromatic rings. The van der Waals surface area contributed by atoms with E-state index in [1.54, 1.807) is 12.1 Å². The van der Waals surface area contributed by atoms with Gasteiger partial charge in [-0.05, 0) is 67.5 Å². The SMILES string of the molecule is CNC(=O)c1c(-c2ccc(F)cc2)oc2cc(N(C)S(C)(=O)=O)c([C@@H]3CCCN(S(=O)(=O)c4cnc5n4CCCCC5)C3)cc12. The third-order valence-electron chi connectivity index (χ3n) is 8.85. The van der Waals surface area contributed by atoms with Gasteiger partial charge in [-0.1, -0.05) is 6.42 Å². The van der Waals surface area contributed by atoms with Crippen LogP contribution in [0.3, 0.4) is 0 Å². The number of nitrogens with zero attached hydrogens (tertiary/aromatic N) is 4. The molecule has 6 rings (SSSR count). The van der Waals surface area contributed by atoms with Gasteiger partial charge in [-0.2, -0.15) is 4.31 Å². The van der Waals surface area contributed by atoms with E-state index in [0.717, 1.165) is 42.1 Å². The van der Waals surface area contributed by atoms with Gasteiger partial charge in [0.25, 0.3) is 15.9 Å². The second-order valence-electron chi connectivity index (χ2n) is 11.7. The molecule has 2 aliphatic rings. The molecule has 2 aliphatic heterocycles. The molecule has 1 amide bonds. The number of fused-ring (bicyclic) bond motifs is 2. The largest absolute Gasteiger partial charge is 0.455 e. The van der Waals surface area contributed by atoms with Gasteiger partial charge in [0.1, 0.15) is 23.0 Å². The van der Waals surface area contributed by atoms with Crippen LogP contribution in [-0.2, 0) is 33.0 Å². The summed E-state index contributed by atoms with van der Waals surface area (Å²) in [5.74, 6) is -0.271. The lowest BCUT2D eigenvalue weighted by Gasteiger charge is -2.34. The standard InChI is InChI=1S/C31H36FN5O6S2/c1-33-31(38)29-24-16-23(25(35(2)44(3,39)40)17-26(24)43-30(29)20-10-12-22(32)13-11-20)21-8-7-14-36(19-21)45(41,42)28-18-34-27-9-5-4-6-15-37(27)28/h10-13,16-18,21H,4-9,14-15,19H2,1-3H3,(H,33,38)/t21-/m1/s1. The van der Waals surface area contributed by atoms with Crippen molar-refractivity contribution in [3.8, 4) is 11.3 Å². The summed E-state index contributed by atoms with van der Waals surface area (Å²) < 4.78 is 78.0. The minimum atomic E-state index is -3.89. The fourth-order valence-corrected chi connectivity index (χ4v) is 8.59. The van der Waals surface area contributed by atoms with Gasteiger partial charge < -0.3 is 14.3 Å². The van der Waals surface area contributed by atoms with Gasteiger partial charge in [0.05, 0.1) is 23.7 Å². The van der Waals surface area contributed by atoms with E-state index < -0.39 is 31.8 Å². The molecule has 11 nitrogen and oxygen atoms in total. The number of furan rings is 1. The predicted molar refractivity (Wildman–Crippen MR) is 169 cm³/mol. The third kappa shape index (κ3) is 5.74. The van der Waals surface area contributed by atoms with E-state index >= 15 is 0 Å². The van der Waals surface area contributed by atoms with E-state index in [4.69, 9.17) is 4.42 Å². The maximum Gasteiger partial charge on any atom is 0.260 e. The molecule has 1 fully saturated rings. The quantitative estimate of drug-likeness (QED) is 0.310. The number of amides is 1. The molecular formula is C31H36FN5O6S2. The Kier molecular flexibility index (Phi) is 8.25. The number of piperidine rings is 1. The second-order valence-corrected chi connectivity index (χ2v) is 15.6. The number of rotatable bonds is 7. The molecule has 0 radical (unpaired) electrons. The van der Waals surface area contributed by atoms with Crippen LogP contribution in [-0.4, -0.2) is 70.0 Å². The predicted octanol–water partition coefficient (Wildman–Crippen LogP) is 4.49. The Morgan fingerprint density at radius 2 is 1.82 bits per heavy atom. The van der Waals surface area contributed by atoms with Crippen LogP contribution in [0.1, 0.15) is 59.8 Å². The lowest BCUT2D eigenvalue weighted by atomic mass is 9.89. The maximum absolute atomic E-state index is 14.0. The van der Waals surface area contributed by atoms with Crippen LogP contribution in [0.5, 0.6) is 0 Å². The number of hydrogen-bond donors (Lipinski definition) is 1. The van der Waals surface area contributed by atoms with E-state index in [1.807, 2.05) is 4.57 Å². The minimum absolute atomic E-state index is 0.122. The zero-order valence-corrected chi connectivity index (χ0v) is 27.0. The van der Waals surface area contributed by atoms with Crippen molar-refractivity contribution in [1.82, 2.24) is 19.2 Å². The van der Waals surface area contributed by atoms with Crippen molar-refractivity contribution in [3.63, 3.8) is 0 Å². The molecule has 1 saturated heterocycles. The molecule has 2 aromatic heterocycles. The van der Waals surface area contributed by atoms with Crippen LogP contribution in [0, 0.1) is 5.82 Å². The van der Waals surface area contributed by atoms with Gasteiger partial charge in [0.15, 0.2) is 5.03 Å². The van der Waals surface area contributed by atoms with E-state index in [9.17, 15) is 26.0 Å². The first-order valence-corrected chi connectivity index (χ1v) is 18.3. The lowest BCUT2D eigenvalue weighted by molar-refractivity contribution is 0.0964. The molecule has 0 spiro atoms. The molecule has 45 heavy (non-hydrogen) atoms. The van der Waals surface area contributed by atoms with Crippen molar-refractivity contribution in [1.29, 1.82) is 0 Å². The Bertz CT molecular complexity index is 1990. The van der Waals surface area contributed by atoms with Gasteiger partial charge in [0.2, 0.25) is 10.0 Å². The molecular weight excluding hydrogens is 622 g/mol. The average molecular weight is 658 g/mol. The number of carbonyl (C=O) groups is 1. The highest BCUT2D eigenvalue weighted by Gasteiger charge is 2.36. The normalized spacial score (nSPS) is 18.0. The summed E-state index contributed by atoms with van der Waals surface area (Å²) in [6, 6.07) is 8.85. The van der Waals surface area contributed by atoms with Crippen molar-refractivity contribution in [2.24, 2.45) is 0 Å². The zero-order valence-electron chi connectivity index (χ0n) is 25.4. The Labute approximate surface area is 262 Å². The number of nitrogens with one attached hydrogen (secondary N) is 1. The highest BCUT2D eigenvalue weighted by molar-refractivity contribution is 7.92. The molecule has 240 valence electrons. The van der Waals surface area contributed by atoms with Crippen LogP contribution >= 0.6 is 0 Å². The molecule has 0 bridgehead atoms. The number of anilines is 1. The third-order valence-corrected chi connectivity index (χ3v) is 11.9. The van der Waals surface area contributed by atoms with Gasteiger partial charge in [-0.3, -0.25) is 9.10 Å². The summed E-state index contributed by atoms with van der Waals surface area (Å²) in [6.07, 6.45) is 7.30. The molecule has 0 aliphatic carbocycles. The number of aromatic nitrogens is 2. The van der Waals surface area contributed by atoms with Gasteiger partial charge in [-0.15, -0.1) is 0 Å². The molecule has 4 heterocycles. The van der Waals surface area contributed by atoms with Crippen molar-refractivity contribution in [3.05, 3.63) is 65.4 Å². The first-order chi connectivity index (χ1) is 21.4. The second kappa shape index (κ2) is 11.9. The Morgan fingerprint density at radius 3 is 2.53 bits per heavy atom. The van der Waals surface area contributed by atoms with Crippen molar-refractivity contribution in [2.75, 3.05) is 37.7 Å². The van der Waals surface area contributed by atoms with Gasteiger partial charge >= 0.3 is 0 Å². The molecule has 1 N–H and O–H groups in total. The maximum atomic E-state index is 14.0. The lowest BCUT2D eigenvalue weighted by Crippen LogP contribution is -2.40. The fourth-order valence-electron chi connectivity index (χ4n) is 6.40. The average Bonchev–Trinajstić information content (AvgIpc) is 3.53. The van der Waals surface area contributed by atoms with Crippen molar-refractivity contribution in [2.45, 2.75) is 56.0 Å². The van der Waals surface area contributed by atoms with Crippen LogP contribution in [0.4, 0.5) is 10.1 Å². The van der Waals surface area contributed by atoms with Gasteiger partial charge in [-0.25, -0.2) is 26.2 Å². The number of hydrogen-bond acceptors (Lipinski definition) is 7. The molecule has 0 saturated carbocycles. The molecule has 0 unspecified atom stereocenters. The highest BCUT2D eigenvalue weighted by Crippen LogP contribution is 2.42. The highest BCUT2D eigenvalue weighted by atomic mass is 32.2. The summed E-state index contributed by atoms with van der Waals surface area (Å²) in [7, 11) is -4.70. The topological polar surface area (TPSA) is 135 Å². The Morgan fingerprint density at radius 1 is 1.07 bits per heavy atom. The molecule has 14 heteroatoms. The number of halogens is 1. The summed E-state index contributed by atoms with van der Waals surface area (Å²) >= 11 is 0. The van der Waals surface area contributed by atoms with Crippen LogP contribution in [0.15, 0.2) is 52.0 Å². The summed E-state index contributed by atoms with van der Waals surface area (Å²) in [6.45, 7) is 1.04. The summed E-state index contributed by atoms with van der Waals surface area (Å²) in [4.78, 5) is 17.7. The zero-order chi connectivity index (χ0) is 32.1. The van der Waals surface area contributed by atoms with E-state index in [0.29, 0.717) is 48.1 Å². The monoisotopic (exact) mass is 657 g/mol. The Balaban J connectivity index is 1.47.